The van der Waals surface area contributed by atoms with Crippen LogP contribution < -0.4 is 5.32 Å². The summed E-state index contributed by atoms with van der Waals surface area (Å²) in [5.41, 5.74) is 0.597. The van der Waals surface area contributed by atoms with Gasteiger partial charge < -0.3 is 5.32 Å². The van der Waals surface area contributed by atoms with Crippen molar-refractivity contribution in [1.29, 1.82) is 0 Å². The fourth-order valence-corrected chi connectivity index (χ4v) is 1.99. The molecule has 86 valence electrons. The predicted octanol–water partition coefficient (Wildman–Crippen LogP) is 3.70. The van der Waals surface area contributed by atoms with Crippen molar-refractivity contribution in [3.63, 3.8) is 0 Å². The van der Waals surface area contributed by atoms with E-state index >= 15 is 0 Å². The fraction of sp³-hybridized carbons (Fsp3) is 0. The number of benzene rings is 1. The minimum Gasteiger partial charge on any atom is -0.307 e. The van der Waals surface area contributed by atoms with E-state index in [0.29, 0.717) is 11.4 Å². The van der Waals surface area contributed by atoms with Crippen LogP contribution in [0.3, 0.4) is 0 Å². The molecule has 1 aromatic heterocycles. The highest BCUT2D eigenvalue weighted by atomic mass is 127. The molecule has 0 aliphatic rings. The van der Waals surface area contributed by atoms with Crippen molar-refractivity contribution in [1.82, 2.24) is 4.98 Å². The first-order valence-corrected chi connectivity index (χ1v) is 6.71. The van der Waals surface area contributed by atoms with Crippen LogP contribution >= 0.6 is 38.5 Å². The van der Waals surface area contributed by atoms with Crippen molar-refractivity contribution in [3.8, 4) is 0 Å². The summed E-state index contributed by atoms with van der Waals surface area (Å²) < 4.78 is 1.91. The van der Waals surface area contributed by atoms with E-state index in [2.05, 4.69) is 48.8 Å². The number of nitrogens with zero attached hydrogens (tertiary/aromatic N) is 1. The predicted molar refractivity (Wildman–Crippen MR) is 79.0 cm³/mol. The molecule has 0 atom stereocenters. The van der Waals surface area contributed by atoms with E-state index in [-0.39, 0.29) is 5.91 Å². The van der Waals surface area contributed by atoms with E-state index in [0.717, 1.165) is 8.04 Å². The van der Waals surface area contributed by atoms with Gasteiger partial charge in [-0.1, -0.05) is 22.0 Å². The Morgan fingerprint density at radius 2 is 2.12 bits per heavy atom. The average molecular weight is 403 g/mol. The standard InChI is InChI=1S/C12H8BrIN2O/c13-9-3-1-2-8(6-9)12(17)16-11-5-4-10(14)7-15-11/h1-7H,(H,15,16,17). The van der Waals surface area contributed by atoms with Gasteiger partial charge in [-0.25, -0.2) is 4.98 Å². The summed E-state index contributed by atoms with van der Waals surface area (Å²) in [4.78, 5) is 16.0. The summed E-state index contributed by atoms with van der Waals surface area (Å²) in [5.74, 6) is 0.385. The normalized spacial score (nSPS) is 10.0. The fourth-order valence-electron chi connectivity index (χ4n) is 1.27. The Morgan fingerprint density at radius 1 is 1.29 bits per heavy atom. The van der Waals surface area contributed by atoms with Gasteiger partial charge in [0.2, 0.25) is 0 Å². The van der Waals surface area contributed by atoms with E-state index in [9.17, 15) is 4.79 Å². The lowest BCUT2D eigenvalue weighted by molar-refractivity contribution is 0.102. The van der Waals surface area contributed by atoms with Crippen LogP contribution in [0, 0.1) is 3.57 Å². The first-order valence-electron chi connectivity index (χ1n) is 4.83. The number of anilines is 1. The van der Waals surface area contributed by atoms with Crippen molar-refractivity contribution in [3.05, 3.63) is 56.2 Å². The Labute approximate surface area is 121 Å². The Balaban J connectivity index is 2.14. The molecule has 2 rings (SSSR count). The topological polar surface area (TPSA) is 42.0 Å². The number of aromatic nitrogens is 1. The van der Waals surface area contributed by atoms with Crippen LogP contribution in [-0.2, 0) is 0 Å². The van der Waals surface area contributed by atoms with Gasteiger partial charge in [-0.05, 0) is 52.9 Å². The van der Waals surface area contributed by atoms with Crippen LogP contribution in [0.25, 0.3) is 0 Å². The lowest BCUT2D eigenvalue weighted by atomic mass is 10.2. The molecule has 17 heavy (non-hydrogen) atoms. The highest BCUT2D eigenvalue weighted by Gasteiger charge is 2.06. The van der Waals surface area contributed by atoms with Crippen molar-refractivity contribution in [2.45, 2.75) is 0 Å². The van der Waals surface area contributed by atoms with E-state index in [4.69, 9.17) is 0 Å². The lowest BCUT2D eigenvalue weighted by Crippen LogP contribution is -2.12. The van der Waals surface area contributed by atoms with Crippen LogP contribution in [0.2, 0.25) is 0 Å². The largest absolute Gasteiger partial charge is 0.307 e. The molecule has 1 amide bonds. The Kier molecular flexibility index (Phi) is 4.11. The number of rotatable bonds is 2. The minimum atomic E-state index is -0.167. The van der Waals surface area contributed by atoms with Crippen molar-refractivity contribution in [2.24, 2.45) is 0 Å². The lowest BCUT2D eigenvalue weighted by Gasteiger charge is -2.04. The molecular weight excluding hydrogens is 395 g/mol. The van der Waals surface area contributed by atoms with Gasteiger partial charge in [0, 0.05) is 19.8 Å². The van der Waals surface area contributed by atoms with E-state index < -0.39 is 0 Å². The van der Waals surface area contributed by atoms with Gasteiger partial charge >= 0.3 is 0 Å². The second-order valence-electron chi connectivity index (χ2n) is 3.33. The monoisotopic (exact) mass is 402 g/mol. The Bertz CT molecular complexity index is 542. The molecular formula is C12H8BrIN2O. The van der Waals surface area contributed by atoms with Crippen LogP contribution in [-0.4, -0.2) is 10.9 Å². The van der Waals surface area contributed by atoms with Gasteiger partial charge in [0.1, 0.15) is 5.82 Å². The van der Waals surface area contributed by atoms with E-state index in [1.54, 1.807) is 24.4 Å². The summed E-state index contributed by atoms with van der Waals surface area (Å²) in [5, 5.41) is 2.74. The van der Waals surface area contributed by atoms with Gasteiger partial charge in [0.15, 0.2) is 0 Å². The summed E-state index contributed by atoms with van der Waals surface area (Å²) in [6.45, 7) is 0. The van der Waals surface area contributed by atoms with Crippen molar-refractivity contribution < 1.29 is 4.79 Å². The van der Waals surface area contributed by atoms with Gasteiger partial charge in [0.05, 0.1) is 0 Å². The number of hydrogen-bond donors (Lipinski definition) is 1. The van der Waals surface area contributed by atoms with E-state index in [1.165, 1.54) is 0 Å². The molecule has 1 aromatic carbocycles. The molecule has 0 aliphatic heterocycles. The smallest absolute Gasteiger partial charge is 0.256 e. The molecule has 0 aliphatic carbocycles. The SMILES string of the molecule is O=C(Nc1ccc(I)cn1)c1cccc(Br)c1. The van der Waals surface area contributed by atoms with Gasteiger partial charge in [-0.3, -0.25) is 4.79 Å². The van der Waals surface area contributed by atoms with Gasteiger partial charge in [-0.15, -0.1) is 0 Å². The zero-order valence-corrected chi connectivity index (χ0v) is 12.4. The van der Waals surface area contributed by atoms with Crippen LogP contribution in [0.15, 0.2) is 47.1 Å². The molecule has 5 heteroatoms. The third kappa shape index (κ3) is 3.50. The maximum absolute atomic E-state index is 11.9. The molecule has 2 aromatic rings. The van der Waals surface area contributed by atoms with Crippen molar-refractivity contribution >= 4 is 50.2 Å². The maximum atomic E-state index is 11.9. The summed E-state index contributed by atoms with van der Waals surface area (Å²) >= 11 is 5.49. The first kappa shape index (κ1) is 12.5. The second kappa shape index (κ2) is 5.59. The zero-order chi connectivity index (χ0) is 12.3. The number of nitrogens with one attached hydrogen (secondary N) is 1. The molecule has 3 nitrogen and oxygen atoms in total. The number of pyridine rings is 1. The third-order valence-electron chi connectivity index (χ3n) is 2.06. The van der Waals surface area contributed by atoms with Gasteiger partial charge in [-0.2, -0.15) is 0 Å². The number of hydrogen-bond acceptors (Lipinski definition) is 2. The molecule has 0 fully saturated rings. The van der Waals surface area contributed by atoms with Crippen molar-refractivity contribution in [2.75, 3.05) is 5.32 Å². The molecule has 1 heterocycles. The van der Waals surface area contributed by atoms with E-state index in [1.807, 2.05) is 18.2 Å². The third-order valence-corrected chi connectivity index (χ3v) is 3.19. The molecule has 0 unspecified atom stereocenters. The van der Waals surface area contributed by atoms with Crippen LogP contribution in [0.1, 0.15) is 10.4 Å². The number of carbonyl (C=O) groups is 1. The Morgan fingerprint density at radius 3 is 2.76 bits per heavy atom. The highest BCUT2D eigenvalue weighted by molar-refractivity contribution is 14.1. The molecule has 0 saturated heterocycles. The first-order chi connectivity index (χ1) is 8.15. The second-order valence-corrected chi connectivity index (χ2v) is 5.49. The average Bonchev–Trinajstić information content (AvgIpc) is 2.32. The number of amides is 1. The molecule has 0 spiro atoms. The number of carbonyl (C=O) groups excluding carboxylic acids is 1. The molecule has 1 N–H and O–H groups in total. The molecule has 0 saturated carbocycles. The summed E-state index contributed by atoms with van der Waals surface area (Å²) in [6.07, 6.45) is 1.71. The van der Waals surface area contributed by atoms with Crippen LogP contribution in [0.4, 0.5) is 5.82 Å². The van der Waals surface area contributed by atoms with Crippen LogP contribution in [0.5, 0.6) is 0 Å². The summed E-state index contributed by atoms with van der Waals surface area (Å²) in [7, 11) is 0. The maximum Gasteiger partial charge on any atom is 0.256 e. The van der Waals surface area contributed by atoms with Gasteiger partial charge in [0.25, 0.3) is 5.91 Å². The quantitative estimate of drug-likeness (QED) is 0.778. The highest BCUT2D eigenvalue weighted by Crippen LogP contribution is 2.13. The molecule has 0 bridgehead atoms. The molecule has 0 radical (unpaired) electrons. The Hall–Kier alpha value is -0.950. The summed E-state index contributed by atoms with van der Waals surface area (Å²) in [6, 6.07) is 10.9. The number of halogens is 2. The zero-order valence-electron chi connectivity index (χ0n) is 8.65. The minimum absolute atomic E-state index is 0.167.